The van der Waals surface area contributed by atoms with Gasteiger partial charge in [0.1, 0.15) is 11.1 Å². The summed E-state index contributed by atoms with van der Waals surface area (Å²) in [7, 11) is 0. The molecule has 1 aliphatic rings. The third-order valence-electron chi connectivity index (χ3n) is 4.66. The molecule has 28 heavy (non-hydrogen) atoms. The van der Waals surface area contributed by atoms with Crippen molar-refractivity contribution in [2.75, 3.05) is 0 Å². The van der Waals surface area contributed by atoms with Gasteiger partial charge in [-0.3, -0.25) is 9.36 Å². The minimum Gasteiger partial charge on any atom is -0.352 e. The monoisotopic (exact) mass is 415 g/mol. The van der Waals surface area contributed by atoms with E-state index in [4.69, 9.17) is 11.6 Å². The van der Waals surface area contributed by atoms with Crippen LogP contribution in [0.3, 0.4) is 0 Å². The molecule has 1 heterocycles. The number of hydrogen-bond donors (Lipinski definition) is 1. The average Bonchev–Trinajstić information content (AvgIpc) is 3.37. The van der Waals surface area contributed by atoms with Gasteiger partial charge in [0, 0.05) is 23.5 Å². The van der Waals surface area contributed by atoms with Gasteiger partial charge in [0.15, 0.2) is 5.16 Å². The minimum atomic E-state index is -0.526. The van der Waals surface area contributed by atoms with E-state index in [2.05, 4.69) is 10.3 Å². The number of carbonyl (C=O) groups is 1. The summed E-state index contributed by atoms with van der Waals surface area (Å²) in [6.45, 7) is 1.95. The van der Waals surface area contributed by atoms with E-state index in [1.807, 2.05) is 35.9 Å². The van der Waals surface area contributed by atoms with E-state index in [-0.39, 0.29) is 17.8 Å². The number of imidazole rings is 1. The molecule has 7 heteroatoms. The van der Waals surface area contributed by atoms with Crippen LogP contribution in [0, 0.1) is 12.7 Å². The van der Waals surface area contributed by atoms with Crippen LogP contribution in [0.1, 0.15) is 29.2 Å². The molecule has 1 fully saturated rings. The summed E-state index contributed by atoms with van der Waals surface area (Å²) >= 11 is 7.62. The summed E-state index contributed by atoms with van der Waals surface area (Å²) in [5.41, 5.74) is 2.58. The lowest BCUT2D eigenvalue weighted by atomic mass is 10.1. The van der Waals surface area contributed by atoms with Gasteiger partial charge in [-0.2, -0.15) is 0 Å². The molecule has 4 nitrogen and oxygen atoms in total. The standard InChI is InChI=1S/C21H19ClFN3OS/c1-13-17(22)3-2-4-18(13)26-12-11-24-21(26)28-19(20(27)25-16-9-10-16)14-5-7-15(23)8-6-14/h2-8,11-12,16,19H,9-10H2,1H3,(H,25,27). The Morgan fingerprint density at radius 1 is 1.29 bits per heavy atom. The number of aromatic nitrogens is 2. The van der Waals surface area contributed by atoms with Crippen LogP contribution in [0.4, 0.5) is 4.39 Å². The molecule has 0 saturated heterocycles. The molecule has 1 amide bonds. The summed E-state index contributed by atoms with van der Waals surface area (Å²) in [6.07, 6.45) is 5.55. The fourth-order valence-electron chi connectivity index (χ4n) is 2.94. The summed E-state index contributed by atoms with van der Waals surface area (Å²) < 4.78 is 15.3. The number of thioether (sulfide) groups is 1. The molecule has 0 spiro atoms. The molecule has 1 saturated carbocycles. The highest BCUT2D eigenvalue weighted by molar-refractivity contribution is 8.00. The quantitative estimate of drug-likeness (QED) is 0.571. The van der Waals surface area contributed by atoms with Crippen molar-refractivity contribution in [3.63, 3.8) is 0 Å². The maximum absolute atomic E-state index is 13.4. The second-order valence-corrected chi connectivity index (χ2v) is 8.28. The summed E-state index contributed by atoms with van der Waals surface area (Å²) in [4.78, 5) is 17.3. The van der Waals surface area contributed by atoms with Crippen molar-refractivity contribution in [2.45, 2.75) is 36.2 Å². The van der Waals surface area contributed by atoms with Crippen molar-refractivity contribution in [2.24, 2.45) is 0 Å². The largest absolute Gasteiger partial charge is 0.352 e. The Kier molecular flexibility index (Phi) is 5.42. The number of hydrogen-bond acceptors (Lipinski definition) is 3. The van der Waals surface area contributed by atoms with Crippen molar-refractivity contribution in [3.8, 4) is 5.69 Å². The van der Waals surface area contributed by atoms with Crippen LogP contribution in [0.25, 0.3) is 5.69 Å². The normalized spacial score (nSPS) is 14.7. The molecule has 2 aromatic carbocycles. The molecule has 1 aliphatic carbocycles. The third kappa shape index (κ3) is 4.08. The van der Waals surface area contributed by atoms with E-state index in [0.717, 1.165) is 29.7 Å². The topological polar surface area (TPSA) is 46.9 Å². The first-order valence-corrected chi connectivity index (χ1v) is 10.3. The second-order valence-electron chi connectivity index (χ2n) is 6.80. The van der Waals surface area contributed by atoms with Gasteiger partial charge in [-0.15, -0.1) is 0 Å². The Balaban J connectivity index is 1.67. The summed E-state index contributed by atoms with van der Waals surface area (Å²) in [5.74, 6) is -0.414. The number of benzene rings is 2. The highest BCUT2D eigenvalue weighted by Crippen LogP contribution is 2.37. The number of rotatable bonds is 6. The number of nitrogens with zero attached hydrogens (tertiary/aromatic N) is 2. The van der Waals surface area contributed by atoms with E-state index in [1.54, 1.807) is 18.3 Å². The maximum Gasteiger partial charge on any atom is 0.238 e. The number of carbonyl (C=O) groups excluding carboxylic acids is 1. The van der Waals surface area contributed by atoms with Crippen LogP contribution in [0.5, 0.6) is 0 Å². The van der Waals surface area contributed by atoms with Crippen LogP contribution >= 0.6 is 23.4 Å². The van der Waals surface area contributed by atoms with E-state index < -0.39 is 5.25 Å². The van der Waals surface area contributed by atoms with Crippen molar-refractivity contribution in [1.82, 2.24) is 14.9 Å². The van der Waals surface area contributed by atoms with E-state index in [9.17, 15) is 9.18 Å². The molecular weight excluding hydrogens is 397 g/mol. The van der Waals surface area contributed by atoms with Gasteiger partial charge in [-0.1, -0.05) is 41.6 Å². The van der Waals surface area contributed by atoms with Gasteiger partial charge in [0.25, 0.3) is 0 Å². The van der Waals surface area contributed by atoms with Crippen molar-refractivity contribution in [1.29, 1.82) is 0 Å². The van der Waals surface area contributed by atoms with Crippen LogP contribution in [0.15, 0.2) is 60.0 Å². The Morgan fingerprint density at radius 3 is 2.75 bits per heavy atom. The van der Waals surface area contributed by atoms with Crippen LogP contribution in [-0.2, 0) is 4.79 Å². The molecular formula is C21H19ClFN3OS. The molecule has 0 aliphatic heterocycles. The molecule has 0 radical (unpaired) electrons. The van der Waals surface area contributed by atoms with Crippen molar-refractivity contribution >= 4 is 29.3 Å². The number of amides is 1. The zero-order valence-corrected chi connectivity index (χ0v) is 16.8. The molecule has 1 unspecified atom stereocenters. The molecule has 144 valence electrons. The lowest BCUT2D eigenvalue weighted by Gasteiger charge is -2.18. The van der Waals surface area contributed by atoms with Crippen molar-refractivity contribution in [3.05, 3.63) is 76.8 Å². The first kappa shape index (κ1) is 19.0. The predicted molar refractivity (Wildman–Crippen MR) is 109 cm³/mol. The average molecular weight is 416 g/mol. The van der Waals surface area contributed by atoms with Gasteiger partial charge in [-0.25, -0.2) is 9.37 Å². The molecule has 1 aromatic heterocycles. The zero-order chi connectivity index (χ0) is 19.7. The number of halogens is 2. The lowest BCUT2D eigenvalue weighted by Crippen LogP contribution is -2.30. The highest BCUT2D eigenvalue weighted by atomic mass is 35.5. The van der Waals surface area contributed by atoms with Gasteiger partial charge >= 0.3 is 0 Å². The van der Waals surface area contributed by atoms with Crippen LogP contribution in [0.2, 0.25) is 5.02 Å². The Morgan fingerprint density at radius 2 is 2.04 bits per heavy atom. The Labute approximate surface area is 172 Å². The predicted octanol–water partition coefficient (Wildman–Crippen LogP) is 5.09. The smallest absolute Gasteiger partial charge is 0.238 e. The van der Waals surface area contributed by atoms with Gasteiger partial charge < -0.3 is 5.32 Å². The highest BCUT2D eigenvalue weighted by Gasteiger charge is 2.30. The Hall–Kier alpha value is -2.31. The van der Waals surface area contributed by atoms with E-state index in [0.29, 0.717) is 10.2 Å². The number of nitrogens with one attached hydrogen (secondary N) is 1. The fourth-order valence-corrected chi connectivity index (χ4v) is 4.18. The van der Waals surface area contributed by atoms with Crippen LogP contribution in [-0.4, -0.2) is 21.5 Å². The second kappa shape index (κ2) is 7.97. The van der Waals surface area contributed by atoms with E-state index >= 15 is 0 Å². The summed E-state index contributed by atoms with van der Waals surface area (Å²) in [5, 5.41) is 3.86. The maximum atomic E-state index is 13.4. The lowest BCUT2D eigenvalue weighted by molar-refractivity contribution is -0.120. The first-order valence-electron chi connectivity index (χ1n) is 9.04. The van der Waals surface area contributed by atoms with Crippen molar-refractivity contribution < 1.29 is 9.18 Å². The van der Waals surface area contributed by atoms with Gasteiger partial charge in [-0.05, 0) is 55.2 Å². The zero-order valence-electron chi connectivity index (χ0n) is 15.2. The SMILES string of the molecule is Cc1c(Cl)cccc1-n1ccnc1SC(C(=O)NC1CC1)c1ccc(F)cc1. The minimum absolute atomic E-state index is 0.0866. The molecule has 3 aromatic rings. The summed E-state index contributed by atoms with van der Waals surface area (Å²) in [6, 6.07) is 12.0. The fraction of sp³-hybridized carbons (Fsp3) is 0.238. The van der Waals surface area contributed by atoms with Crippen LogP contribution < -0.4 is 5.32 Å². The van der Waals surface area contributed by atoms with Gasteiger partial charge in [0.2, 0.25) is 5.91 Å². The van der Waals surface area contributed by atoms with E-state index in [1.165, 1.54) is 23.9 Å². The first-order chi connectivity index (χ1) is 13.5. The molecule has 4 rings (SSSR count). The molecule has 0 bridgehead atoms. The molecule has 1 N–H and O–H groups in total. The Bertz CT molecular complexity index is 1000. The third-order valence-corrected chi connectivity index (χ3v) is 6.31. The molecule has 1 atom stereocenters. The van der Waals surface area contributed by atoms with Gasteiger partial charge in [0.05, 0.1) is 5.69 Å².